The van der Waals surface area contributed by atoms with Crippen molar-refractivity contribution < 1.29 is 15.0 Å². The van der Waals surface area contributed by atoms with Crippen LogP contribution in [-0.4, -0.2) is 40.4 Å². The first kappa shape index (κ1) is 14.2. The summed E-state index contributed by atoms with van der Waals surface area (Å²) in [6.07, 6.45) is 2.00. The smallest absolute Gasteiger partial charge is 0.339 e. The molecule has 0 fully saturated rings. The van der Waals surface area contributed by atoms with Crippen LogP contribution in [-0.2, 0) is 0 Å². The molecule has 0 atom stereocenters. The fourth-order valence-electron chi connectivity index (χ4n) is 1.71. The van der Waals surface area contributed by atoms with Gasteiger partial charge in [0, 0.05) is 19.2 Å². The van der Waals surface area contributed by atoms with Crippen molar-refractivity contribution in [3.63, 3.8) is 0 Å². The lowest BCUT2D eigenvalue weighted by Gasteiger charge is -2.28. The van der Waals surface area contributed by atoms with E-state index in [1.54, 1.807) is 0 Å². The van der Waals surface area contributed by atoms with E-state index in [0.717, 1.165) is 0 Å². The predicted octanol–water partition coefficient (Wildman–Crippen LogP) is 0.959. The first-order valence-electron chi connectivity index (χ1n) is 5.83. The summed E-state index contributed by atoms with van der Waals surface area (Å²) in [6, 6.07) is 1.49. The summed E-state index contributed by atoms with van der Waals surface area (Å²) in [6.45, 7) is 4.49. The molecule has 0 saturated heterocycles. The summed E-state index contributed by atoms with van der Waals surface area (Å²) < 4.78 is 0. The normalized spacial score (nSPS) is 10.7. The van der Waals surface area contributed by atoms with Crippen molar-refractivity contribution in [3.8, 4) is 0 Å². The number of carbonyl (C=O) groups is 1. The number of pyridine rings is 1. The third-order valence-electron chi connectivity index (χ3n) is 2.57. The molecule has 1 rings (SSSR count). The van der Waals surface area contributed by atoms with E-state index in [9.17, 15) is 9.90 Å². The van der Waals surface area contributed by atoms with Gasteiger partial charge in [-0.15, -0.1) is 0 Å². The zero-order valence-electron chi connectivity index (χ0n) is 10.6. The molecular formula is C12H19N3O3. The SMILES string of the molecule is CC(C)N(CCCO)c1ncc(N)cc1C(=O)O. The summed E-state index contributed by atoms with van der Waals surface area (Å²) in [5.41, 5.74) is 5.96. The number of aromatic nitrogens is 1. The highest BCUT2D eigenvalue weighted by Gasteiger charge is 2.19. The Bertz CT molecular complexity index is 421. The van der Waals surface area contributed by atoms with Crippen molar-refractivity contribution in [1.29, 1.82) is 0 Å². The summed E-state index contributed by atoms with van der Waals surface area (Å²) in [5, 5.41) is 18.1. The number of hydrogen-bond acceptors (Lipinski definition) is 5. The van der Waals surface area contributed by atoms with Gasteiger partial charge in [0.25, 0.3) is 0 Å². The highest BCUT2D eigenvalue weighted by molar-refractivity contribution is 5.94. The van der Waals surface area contributed by atoms with Gasteiger partial charge < -0.3 is 20.8 Å². The largest absolute Gasteiger partial charge is 0.478 e. The number of carboxylic acid groups (broad SMARTS) is 1. The van der Waals surface area contributed by atoms with Crippen LogP contribution in [0.1, 0.15) is 30.6 Å². The Morgan fingerprint density at radius 2 is 2.22 bits per heavy atom. The Kier molecular flexibility index (Phi) is 4.91. The molecule has 0 aliphatic rings. The second-order valence-electron chi connectivity index (χ2n) is 4.31. The number of aliphatic hydroxyl groups is 1. The Balaban J connectivity index is 3.14. The molecule has 1 heterocycles. The highest BCUT2D eigenvalue weighted by atomic mass is 16.4. The molecule has 0 amide bonds. The van der Waals surface area contributed by atoms with Crippen LogP contribution >= 0.6 is 0 Å². The van der Waals surface area contributed by atoms with Gasteiger partial charge in [-0.2, -0.15) is 0 Å². The Morgan fingerprint density at radius 1 is 1.56 bits per heavy atom. The quantitative estimate of drug-likeness (QED) is 0.698. The first-order valence-corrected chi connectivity index (χ1v) is 5.83. The third-order valence-corrected chi connectivity index (χ3v) is 2.57. The van der Waals surface area contributed by atoms with Crippen LogP contribution in [0.15, 0.2) is 12.3 Å². The van der Waals surface area contributed by atoms with E-state index in [-0.39, 0.29) is 18.2 Å². The maximum absolute atomic E-state index is 11.2. The van der Waals surface area contributed by atoms with Gasteiger partial charge in [-0.25, -0.2) is 9.78 Å². The fraction of sp³-hybridized carbons (Fsp3) is 0.500. The van der Waals surface area contributed by atoms with Crippen LogP contribution in [0, 0.1) is 0 Å². The minimum atomic E-state index is -1.06. The van der Waals surface area contributed by atoms with Gasteiger partial charge in [-0.05, 0) is 26.3 Å². The molecule has 4 N–H and O–H groups in total. The molecule has 6 nitrogen and oxygen atoms in total. The molecule has 1 aromatic rings. The number of rotatable bonds is 6. The summed E-state index contributed by atoms with van der Waals surface area (Å²) in [4.78, 5) is 17.2. The molecule has 6 heteroatoms. The van der Waals surface area contributed by atoms with Crippen molar-refractivity contribution >= 4 is 17.5 Å². The molecule has 0 aliphatic heterocycles. The topological polar surface area (TPSA) is 99.7 Å². The second-order valence-corrected chi connectivity index (χ2v) is 4.31. The van der Waals surface area contributed by atoms with Crippen LogP contribution in [0.25, 0.3) is 0 Å². The van der Waals surface area contributed by atoms with E-state index < -0.39 is 5.97 Å². The number of aliphatic hydroxyl groups excluding tert-OH is 1. The zero-order valence-corrected chi connectivity index (χ0v) is 10.6. The Hall–Kier alpha value is -1.82. The third kappa shape index (κ3) is 3.33. The lowest BCUT2D eigenvalue weighted by atomic mass is 10.2. The Labute approximate surface area is 106 Å². The lowest BCUT2D eigenvalue weighted by molar-refractivity contribution is 0.0697. The zero-order chi connectivity index (χ0) is 13.7. The van der Waals surface area contributed by atoms with Crippen LogP contribution in [0.2, 0.25) is 0 Å². The summed E-state index contributed by atoms with van der Waals surface area (Å²) in [7, 11) is 0. The number of aromatic carboxylic acids is 1. The van der Waals surface area contributed by atoms with Gasteiger partial charge in [0.2, 0.25) is 0 Å². The van der Waals surface area contributed by atoms with Gasteiger partial charge >= 0.3 is 5.97 Å². The number of anilines is 2. The second kappa shape index (κ2) is 6.20. The standard InChI is InChI=1S/C12H19N3O3/c1-8(2)15(4-3-5-16)11-10(12(17)18)6-9(13)7-14-11/h6-8,16H,3-5,13H2,1-2H3,(H,17,18). The van der Waals surface area contributed by atoms with Gasteiger partial charge in [0.1, 0.15) is 11.4 Å². The van der Waals surface area contributed by atoms with Gasteiger partial charge in [-0.1, -0.05) is 0 Å². The number of carboxylic acids is 1. The van der Waals surface area contributed by atoms with E-state index in [4.69, 9.17) is 10.8 Å². The van der Waals surface area contributed by atoms with Crippen molar-refractivity contribution in [2.75, 3.05) is 23.8 Å². The van der Waals surface area contributed by atoms with E-state index in [1.165, 1.54) is 12.3 Å². The van der Waals surface area contributed by atoms with Crippen molar-refractivity contribution in [3.05, 3.63) is 17.8 Å². The van der Waals surface area contributed by atoms with E-state index >= 15 is 0 Å². The molecule has 0 aromatic carbocycles. The van der Waals surface area contributed by atoms with Crippen molar-refractivity contribution in [2.45, 2.75) is 26.3 Å². The molecule has 18 heavy (non-hydrogen) atoms. The van der Waals surface area contributed by atoms with E-state index in [2.05, 4.69) is 4.98 Å². The molecule has 0 radical (unpaired) electrons. The molecule has 100 valence electrons. The predicted molar refractivity (Wildman–Crippen MR) is 69.8 cm³/mol. The molecule has 1 aromatic heterocycles. The van der Waals surface area contributed by atoms with Gasteiger partial charge in [0.15, 0.2) is 0 Å². The van der Waals surface area contributed by atoms with Crippen LogP contribution in [0.4, 0.5) is 11.5 Å². The van der Waals surface area contributed by atoms with Crippen molar-refractivity contribution in [2.24, 2.45) is 0 Å². The maximum Gasteiger partial charge on any atom is 0.339 e. The highest BCUT2D eigenvalue weighted by Crippen LogP contribution is 2.22. The fourth-order valence-corrected chi connectivity index (χ4v) is 1.71. The van der Waals surface area contributed by atoms with Gasteiger partial charge in [0.05, 0.1) is 11.9 Å². The number of nitrogens with two attached hydrogens (primary N) is 1. The van der Waals surface area contributed by atoms with Crippen LogP contribution < -0.4 is 10.6 Å². The van der Waals surface area contributed by atoms with E-state index in [1.807, 2.05) is 18.7 Å². The van der Waals surface area contributed by atoms with Crippen molar-refractivity contribution in [1.82, 2.24) is 4.98 Å². The minimum absolute atomic E-state index is 0.0561. The number of nitrogen functional groups attached to an aromatic ring is 1. The average molecular weight is 253 g/mol. The maximum atomic E-state index is 11.2. The van der Waals surface area contributed by atoms with Crippen LogP contribution in [0.3, 0.4) is 0 Å². The number of hydrogen-bond donors (Lipinski definition) is 3. The molecule has 0 saturated carbocycles. The molecule has 0 spiro atoms. The molecule has 0 unspecified atom stereocenters. The molecule has 0 bridgehead atoms. The molecular weight excluding hydrogens is 234 g/mol. The lowest BCUT2D eigenvalue weighted by Crippen LogP contribution is -2.34. The summed E-state index contributed by atoms with van der Waals surface area (Å²) in [5.74, 6) is -0.667. The summed E-state index contributed by atoms with van der Waals surface area (Å²) >= 11 is 0. The van der Waals surface area contributed by atoms with Crippen LogP contribution in [0.5, 0.6) is 0 Å². The number of nitrogens with zero attached hydrogens (tertiary/aromatic N) is 2. The van der Waals surface area contributed by atoms with E-state index in [0.29, 0.717) is 24.5 Å². The average Bonchev–Trinajstić information content (AvgIpc) is 2.30. The monoisotopic (exact) mass is 253 g/mol. The first-order chi connectivity index (χ1) is 8.47. The van der Waals surface area contributed by atoms with Gasteiger partial charge in [-0.3, -0.25) is 0 Å². The molecule has 0 aliphatic carbocycles. The minimum Gasteiger partial charge on any atom is -0.478 e. The Morgan fingerprint density at radius 3 is 2.72 bits per heavy atom.